The Bertz CT molecular complexity index is 581. The van der Waals surface area contributed by atoms with Crippen molar-refractivity contribution in [2.24, 2.45) is 18.9 Å². The highest BCUT2D eigenvalue weighted by Crippen LogP contribution is 2.25. The summed E-state index contributed by atoms with van der Waals surface area (Å²) in [4.78, 5) is 0. The molecule has 1 heterocycles. The van der Waals surface area contributed by atoms with E-state index in [0.29, 0.717) is 11.8 Å². The summed E-state index contributed by atoms with van der Waals surface area (Å²) in [7, 11) is 2.04. The van der Waals surface area contributed by atoms with Crippen molar-refractivity contribution in [1.29, 1.82) is 0 Å². The first-order valence-electron chi connectivity index (χ1n) is 7.79. The second-order valence-electron chi connectivity index (χ2n) is 6.48. The number of aryl methyl sites for hydroxylation is 1. The number of para-hydroxylation sites is 1. The summed E-state index contributed by atoms with van der Waals surface area (Å²) in [6, 6.07) is 9.34. The molecule has 1 aromatic heterocycles. The van der Waals surface area contributed by atoms with E-state index in [-0.39, 0.29) is 0 Å². The van der Waals surface area contributed by atoms with Crippen LogP contribution in [0.3, 0.4) is 0 Å². The molecule has 1 N–H and O–H groups in total. The molecule has 2 aromatic rings. The largest absolute Gasteiger partial charge is 0.314 e. The van der Waals surface area contributed by atoms with E-state index in [2.05, 4.69) is 43.4 Å². The van der Waals surface area contributed by atoms with Crippen LogP contribution in [-0.4, -0.2) is 22.4 Å². The van der Waals surface area contributed by atoms with Gasteiger partial charge in [-0.15, -0.1) is 0 Å². The van der Waals surface area contributed by atoms with Crippen LogP contribution in [0.25, 0.3) is 10.9 Å². The molecule has 1 atom stereocenters. The Morgan fingerprint density at radius 3 is 2.75 bits per heavy atom. The molecule has 0 amide bonds. The van der Waals surface area contributed by atoms with Crippen LogP contribution < -0.4 is 5.32 Å². The molecule has 3 nitrogen and oxygen atoms in total. The van der Waals surface area contributed by atoms with Gasteiger partial charge in [-0.1, -0.05) is 32.0 Å². The van der Waals surface area contributed by atoms with Crippen molar-refractivity contribution < 1.29 is 0 Å². The third-order valence-corrected chi connectivity index (χ3v) is 4.48. The van der Waals surface area contributed by atoms with E-state index in [4.69, 9.17) is 5.10 Å². The van der Waals surface area contributed by atoms with Gasteiger partial charge in [-0.25, -0.2) is 0 Å². The first-order chi connectivity index (χ1) is 9.65. The van der Waals surface area contributed by atoms with Crippen LogP contribution in [-0.2, 0) is 13.5 Å². The summed E-state index contributed by atoms with van der Waals surface area (Å²) in [5.74, 6) is 1.34. The molecule has 1 aromatic carbocycles. The molecule has 1 fully saturated rings. The lowest BCUT2D eigenvalue weighted by Gasteiger charge is -2.20. The predicted molar refractivity (Wildman–Crippen MR) is 83.8 cm³/mol. The van der Waals surface area contributed by atoms with Gasteiger partial charge >= 0.3 is 0 Å². The smallest absolute Gasteiger partial charge is 0.0706 e. The topological polar surface area (TPSA) is 29.9 Å². The lowest BCUT2D eigenvalue weighted by Crippen LogP contribution is -2.29. The molecule has 1 unspecified atom stereocenters. The van der Waals surface area contributed by atoms with E-state index >= 15 is 0 Å². The monoisotopic (exact) mass is 271 g/mol. The van der Waals surface area contributed by atoms with Crippen LogP contribution in [0, 0.1) is 11.8 Å². The lowest BCUT2D eigenvalue weighted by molar-refractivity contribution is 0.356. The van der Waals surface area contributed by atoms with E-state index in [1.165, 1.54) is 29.4 Å². The zero-order valence-electron chi connectivity index (χ0n) is 12.8. The summed E-state index contributed by atoms with van der Waals surface area (Å²) in [5, 5.41) is 9.73. The molecule has 108 valence electrons. The van der Waals surface area contributed by atoms with Gasteiger partial charge in [0.05, 0.1) is 11.2 Å². The molecule has 1 saturated carbocycles. The Labute approximate surface area is 121 Å². The highest BCUT2D eigenvalue weighted by Gasteiger charge is 2.24. The predicted octanol–water partition coefficient (Wildman–Crippen LogP) is 3.14. The van der Waals surface area contributed by atoms with Crippen LogP contribution in [0.5, 0.6) is 0 Å². The number of aromatic nitrogens is 2. The van der Waals surface area contributed by atoms with Crippen LogP contribution in [0.4, 0.5) is 0 Å². The number of nitrogens with zero attached hydrogens (tertiary/aromatic N) is 2. The summed E-state index contributed by atoms with van der Waals surface area (Å²) in [6.45, 7) is 5.77. The zero-order chi connectivity index (χ0) is 14.1. The molecule has 3 heteroatoms. The van der Waals surface area contributed by atoms with Gasteiger partial charge in [0, 0.05) is 18.5 Å². The molecule has 0 radical (unpaired) electrons. The van der Waals surface area contributed by atoms with E-state index in [1.807, 2.05) is 11.7 Å². The van der Waals surface area contributed by atoms with Gasteiger partial charge in [0.25, 0.3) is 0 Å². The minimum atomic E-state index is 0.661. The van der Waals surface area contributed by atoms with Gasteiger partial charge in [-0.2, -0.15) is 5.10 Å². The molecule has 3 rings (SSSR count). The van der Waals surface area contributed by atoms with Gasteiger partial charge in [0.2, 0.25) is 0 Å². The van der Waals surface area contributed by atoms with Gasteiger partial charge in [-0.05, 0) is 43.7 Å². The van der Waals surface area contributed by atoms with Gasteiger partial charge in [0.1, 0.15) is 0 Å². The minimum Gasteiger partial charge on any atom is -0.314 e. The Morgan fingerprint density at radius 1 is 1.30 bits per heavy atom. The molecule has 1 aliphatic rings. The fourth-order valence-electron chi connectivity index (χ4n) is 2.84. The molecule has 20 heavy (non-hydrogen) atoms. The number of benzene rings is 1. The highest BCUT2D eigenvalue weighted by atomic mass is 15.3. The molecular formula is C17H25N3. The van der Waals surface area contributed by atoms with Crippen molar-refractivity contribution in [3.63, 3.8) is 0 Å². The maximum Gasteiger partial charge on any atom is 0.0706 e. The quantitative estimate of drug-likeness (QED) is 0.874. The minimum absolute atomic E-state index is 0.661. The average molecular weight is 271 g/mol. The second-order valence-corrected chi connectivity index (χ2v) is 6.48. The normalized spacial score (nSPS) is 17.0. The van der Waals surface area contributed by atoms with Crippen molar-refractivity contribution in [1.82, 2.24) is 15.1 Å². The Morgan fingerprint density at radius 2 is 2.05 bits per heavy atom. The fraction of sp³-hybridized carbons (Fsp3) is 0.588. The summed E-state index contributed by atoms with van der Waals surface area (Å²) >= 11 is 0. The van der Waals surface area contributed by atoms with E-state index in [1.54, 1.807) is 0 Å². The van der Waals surface area contributed by atoms with Crippen molar-refractivity contribution in [3.05, 3.63) is 30.0 Å². The molecule has 0 spiro atoms. The fourth-order valence-corrected chi connectivity index (χ4v) is 2.84. The molecule has 0 bridgehead atoms. The van der Waals surface area contributed by atoms with Crippen molar-refractivity contribution in [2.75, 3.05) is 6.54 Å². The standard InChI is InChI=1S/C17H25N3/c1-12(2)13(11-18-14-8-9-14)10-16-15-6-4-5-7-17(15)20(3)19-16/h4-7,12-14,18H,8-11H2,1-3H3. The molecule has 1 aliphatic carbocycles. The van der Waals surface area contributed by atoms with Crippen molar-refractivity contribution in [2.45, 2.75) is 39.2 Å². The van der Waals surface area contributed by atoms with Crippen LogP contribution in [0.15, 0.2) is 24.3 Å². The van der Waals surface area contributed by atoms with E-state index < -0.39 is 0 Å². The van der Waals surface area contributed by atoms with Gasteiger partial charge < -0.3 is 5.32 Å². The first-order valence-corrected chi connectivity index (χ1v) is 7.79. The first kappa shape index (κ1) is 13.6. The number of rotatable bonds is 6. The van der Waals surface area contributed by atoms with Gasteiger partial charge in [0.15, 0.2) is 0 Å². The van der Waals surface area contributed by atoms with Crippen LogP contribution >= 0.6 is 0 Å². The SMILES string of the molecule is CC(C)C(CNC1CC1)Cc1nn(C)c2ccccc12. The molecule has 0 saturated heterocycles. The van der Waals surface area contributed by atoms with Crippen LogP contribution in [0.1, 0.15) is 32.4 Å². The summed E-state index contributed by atoms with van der Waals surface area (Å²) in [6.07, 6.45) is 3.79. The maximum atomic E-state index is 4.74. The number of fused-ring (bicyclic) bond motifs is 1. The van der Waals surface area contributed by atoms with Crippen molar-refractivity contribution >= 4 is 10.9 Å². The highest BCUT2D eigenvalue weighted by molar-refractivity contribution is 5.81. The number of hydrogen-bond donors (Lipinski definition) is 1. The van der Waals surface area contributed by atoms with E-state index in [9.17, 15) is 0 Å². The Balaban J connectivity index is 1.78. The number of hydrogen-bond acceptors (Lipinski definition) is 2. The molecule has 0 aliphatic heterocycles. The zero-order valence-corrected chi connectivity index (χ0v) is 12.8. The summed E-state index contributed by atoms with van der Waals surface area (Å²) in [5.41, 5.74) is 2.49. The molecular weight excluding hydrogens is 246 g/mol. The summed E-state index contributed by atoms with van der Waals surface area (Å²) < 4.78 is 2.01. The maximum absolute atomic E-state index is 4.74. The number of nitrogens with one attached hydrogen (secondary N) is 1. The van der Waals surface area contributed by atoms with E-state index in [0.717, 1.165) is 19.0 Å². The Hall–Kier alpha value is -1.35. The third kappa shape index (κ3) is 2.88. The average Bonchev–Trinajstić information content (AvgIpc) is 3.20. The van der Waals surface area contributed by atoms with Crippen LogP contribution in [0.2, 0.25) is 0 Å². The third-order valence-electron chi connectivity index (χ3n) is 4.48. The van der Waals surface area contributed by atoms with Gasteiger partial charge in [-0.3, -0.25) is 4.68 Å². The second kappa shape index (κ2) is 5.57. The lowest BCUT2D eigenvalue weighted by atomic mass is 9.90. The Kier molecular flexibility index (Phi) is 3.79. The van der Waals surface area contributed by atoms with Crippen molar-refractivity contribution in [3.8, 4) is 0 Å².